The Morgan fingerprint density at radius 3 is 1.65 bits per heavy atom. The second-order valence-corrected chi connectivity index (χ2v) is 9.05. The molecule has 0 aliphatic heterocycles. The third-order valence-corrected chi connectivity index (χ3v) is 3.43. The lowest BCUT2D eigenvalue weighted by Gasteiger charge is -2.39. The average Bonchev–Trinajstić information content (AvgIpc) is 2.21. The summed E-state index contributed by atoms with van der Waals surface area (Å²) < 4.78 is 0. The molecule has 136 valence electrons. The lowest BCUT2D eigenvalue weighted by Crippen LogP contribution is -2.58. The molecule has 0 atom stereocenters. The molecular formula is C16H35N5O2. The van der Waals surface area contributed by atoms with Crippen LogP contribution in [-0.4, -0.2) is 28.6 Å². The van der Waals surface area contributed by atoms with E-state index < -0.39 is 28.1 Å². The maximum Gasteiger partial charge on any atom is 0.329 e. The van der Waals surface area contributed by atoms with Crippen LogP contribution in [0.1, 0.15) is 68.2 Å². The Labute approximate surface area is 140 Å². The van der Waals surface area contributed by atoms with Crippen LogP contribution >= 0.6 is 0 Å². The standard InChI is InChI=1S/C16H35N5O2/c1-13(2,9-14(3,4)17)11(22)19-15(5,6)10-16(7,8)20-12(23)21-18/h9-10,17-18H2,1-8H3,(H,19,22)(H2,20,21,23). The van der Waals surface area contributed by atoms with Gasteiger partial charge in [-0.25, -0.2) is 10.6 Å². The maximum absolute atomic E-state index is 12.6. The van der Waals surface area contributed by atoms with Crippen molar-refractivity contribution < 1.29 is 9.59 Å². The smallest absolute Gasteiger partial charge is 0.329 e. The van der Waals surface area contributed by atoms with Gasteiger partial charge in [0.15, 0.2) is 0 Å². The molecule has 0 spiro atoms. The number of hydrogen-bond donors (Lipinski definition) is 5. The number of hydrogen-bond acceptors (Lipinski definition) is 4. The van der Waals surface area contributed by atoms with E-state index in [0.717, 1.165) is 0 Å². The maximum atomic E-state index is 12.6. The van der Waals surface area contributed by atoms with Crippen molar-refractivity contribution in [3.63, 3.8) is 0 Å². The highest BCUT2D eigenvalue weighted by atomic mass is 16.2. The van der Waals surface area contributed by atoms with Crippen LogP contribution in [-0.2, 0) is 4.79 Å². The highest BCUT2D eigenvalue weighted by Crippen LogP contribution is 2.29. The van der Waals surface area contributed by atoms with Crippen LogP contribution in [0.4, 0.5) is 4.79 Å². The van der Waals surface area contributed by atoms with Crippen LogP contribution in [0.3, 0.4) is 0 Å². The predicted molar refractivity (Wildman–Crippen MR) is 93.4 cm³/mol. The van der Waals surface area contributed by atoms with Crippen molar-refractivity contribution in [2.24, 2.45) is 17.0 Å². The van der Waals surface area contributed by atoms with E-state index in [1.54, 1.807) is 0 Å². The Kier molecular flexibility index (Phi) is 6.64. The fraction of sp³-hybridized carbons (Fsp3) is 0.875. The van der Waals surface area contributed by atoms with Gasteiger partial charge in [0.2, 0.25) is 5.91 Å². The molecule has 7 nitrogen and oxygen atoms in total. The Hall–Kier alpha value is -1.34. The minimum Gasteiger partial charge on any atom is -0.351 e. The lowest BCUT2D eigenvalue weighted by molar-refractivity contribution is -0.132. The molecule has 0 aliphatic rings. The van der Waals surface area contributed by atoms with E-state index in [4.69, 9.17) is 11.6 Å². The number of hydrazine groups is 1. The van der Waals surface area contributed by atoms with Gasteiger partial charge in [-0.2, -0.15) is 0 Å². The van der Waals surface area contributed by atoms with Crippen LogP contribution in [0.5, 0.6) is 0 Å². The first-order valence-electron chi connectivity index (χ1n) is 7.90. The fourth-order valence-electron chi connectivity index (χ4n) is 3.23. The van der Waals surface area contributed by atoms with Gasteiger partial charge in [-0.3, -0.25) is 10.2 Å². The molecule has 23 heavy (non-hydrogen) atoms. The molecule has 0 aromatic heterocycles. The molecule has 0 saturated carbocycles. The molecule has 3 amide bonds. The van der Waals surface area contributed by atoms with E-state index >= 15 is 0 Å². The Balaban J connectivity index is 4.91. The molecule has 0 bridgehead atoms. The minimum atomic E-state index is -0.582. The summed E-state index contributed by atoms with van der Waals surface area (Å²) in [6.07, 6.45) is 1.11. The van der Waals surface area contributed by atoms with Gasteiger partial charge in [0, 0.05) is 22.0 Å². The van der Waals surface area contributed by atoms with Crippen molar-refractivity contribution in [1.82, 2.24) is 16.1 Å². The average molecular weight is 329 g/mol. The number of nitrogens with two attached hydrogens (primary N) is 2. The topological polar surface area (TPSA) is 122 Å². The molecule has 0 aromatic carbocycles. The predicted octanol–water partition coefficient (Wildman–Crippen LogP) is 1.38. The number of carbonyl (C=O) groups excluding carboxylic acids is 2. The van der Waals surface area contributed by atoms with Crippen molar-refractivity contribution >= 4 is 11.9 Å². The number of amides is 3. The number of nitrogens with one attached hydrogen (secondary N) is 3. The molecule has 0 unspecified atom stereocenters. The van der Waals surface area contributed by atoms with Gasteiger partial charge >= 0.3 is 6.03 Å². The Bertz CT molecular complexity index is 436. The molecule has 0 aliphatic carbocycles. The van der Waals surface area contributed by atoms with Gasteiger partial charge in [0.1, 0.15) is 0 Å². The zero-order valence-electron chi connectivity index (χ0n) is 15.9. The van der Waals surface area contributed by atoms with Crippen LogP contribution in [0.25, 0.3) is 0 Å². The summed E-state index contributed by atoms with van der Waals surface area (Å²) in [5.74, 6) is 5.04. The first kappa shape index (κ1) is 21.7. The summed E-state index contributed by atoms with van der Waals surface area (Å²) in [7, 11) is 0. The number of carbonyl (C=O) groups is 2. The molecule has 0 rings (SSSR count). The summed E-state index contributed by atoms with van der Waals surface area (Å²) >= 11 is 0. The van der Waals surface area contributed by atoms with Gasteiger partial charge < -0.3 is 16.4 Å². The SMILES string of the molecule is CC(C)(N)CC(C)(C)C(=O)NC(C)(C)CC(C)(C)NC(=O)NN. The number of rotatable bonds is 7. The monoisotopic (exact) mass is 329 g/mol. The molecule has 7 N–H and O–H groups in total. The van der Waals surface area contributed by atoms with Crippen LogP contribution < -0.4 is 27.6 Å². The summed E-state index contributed by atoms with van der Waals surface area (Å²) in [5.41, 5.74) is 6.06. The van der Waals surface area contributed by atoms with E-state index in [1.807, 2.05) is 60.8 Å². The van der Waals surface area contributed by atoms with E-state index in [1.165, 1.54) is 0 Å². The van der Waals surface area contributed by atoms with Gasteiger partial charge in [0.05, 0.1) is 0 Å². The quantitative estimate of drug-likeness (QED) is 0.275. The molecule has 0 heterocycles. The third-order valence-electron chi connectivity index (χ3n) is 3.43. The minimum absolute atomic E-state index is 0.0555. The molecule has 0 radical (unpaired) electrons. The number of urea groups is 1. The fourth-order valence-corrected chi connectivity index (χ4v) is 3.23. The van der Waals surface area contributed by atoms with Gasteiger partial charge in [-0.15, -0.1) is 0 Å². The summed E-state index contributed by atoms with van der Waals surface area (Å²) in [6, 6.07) is -0.456. The second-order valence-electron chi connectivity index (χ2n) is 9.05. The zero-order valence-corrected chi connectivity index (χ0v) is 15.9. The summed E-state index contributed by atoms with van der Waals surface area (Å²) in [6.45, 7) is 15.2. The summed E-state index contributed by atoms with van der Waals surface area (Å²) in [4.78, 5) is 24.0. The molecule has 0 aromatic rings. The summed E-state index contributed by atoms with van der Waals surface area (Å²) in [5, 5.41) is 5.83. The van der Waals surface area contributed by atoms with Gasteiger partial charge in [-0.05, 0) is 54.4 Å². The molecule has 0 fully saturated rings. The van der Waals surface area contributed by atoms with Crippen molar-refractivity contribution in [2.75, 3.05) is 0 Å². The third kappa shape index (κ3) is 8.76. The zero-order chi connectivity index (χ0) is 18.7. The first-order chi connectivity index (χ1) is 10.00. The van der Waals surface area contributed by atoms with Crippen LogP contribution in [0.15, 0.2) is 0 Å². The second kappa shape index (κ2) is 7.05. The molecular weight excluding hydrogens is 294 g/mol. The Morgan fingerprint density at radius 2 is 1.26 bits per heavy atom. The highest BCUT2D eigenvalue weighted by molar-refractivity contribution is 5.82. The van der Waals surface area contributed by atoms with Crippen molar-refractivity contribution in [1.29, 1.82) is 0 Å². The van der Waals surface area contributed by atoms with E-state index in [9.17, 15) is 9.59 Å². The lowest BCUT2D eigenvalue weighted by atomic mass is 9.78. The van der Waals surface area contributed by atoms with Gasteiger partial charge in [0.25, 0.3) is 0 Å². The van der Waals surface area contributed by atoms with Crippen molar-refractivity contribution in [3.8, 4) is 0 Å². The normalized spacial score (nSPS) is 13.5. The van der Waals surface area contributed by atoms with Crippen LogP contribution in [0.2, 0.25) is 0 Å². The van der Waals surface area contributed by atoms with Crippen molar-refractivity contribution in [2.45, 2.75) is 84.8 Å². The first-order valence-corrected chi connectivity index (χ1v) is 7.90. The highest BCUT2D eigenvalue weighted by Gasteiger charge is 2.37. The van der Waals surface area contributed by atoms with Crippen LogP contribution in [0, 0.1) is 5.41 Å². The molecule has 0 saturated heterocycles. The van der Waals surface area contributed by atoms with Crippen molar-refractivity contribution in [3.05, 3.63) is 0 Å². The van der Waals surface area contributed by atoms with E-state index in [0.29, 0.717) is 12.8 Å². The molecule has 7 heteroatoms. The van der Waals surface area contributed by atoms with E-state index in [-0.39, 0.29) is 5.91 Å². The van der Waals surface area contributed by atoms with Gasteiger partial charge in [-0.1, -0.05) is 13.8 Å². The largest absolute Gasteiger partial charge is 0.351 e. The van der Waals surface area contributed by atoms with E-state index in [2.05, 4.69) is 10.6 Å². The Morgan fingerprint density at radius 1 is 0.826 bits per heavy atom.